The van der Waals surface area contributed by atoms with E-state index in [2.05, 4.69) is 261 Å². The number of fused-ring (bicyclic) bond motifs is 20. The molecule has 0 aliphatic heterocycles. The minimum Gasteiger partial charge on any atom is -0.0622 e. The van der Waals surface area contributed by atoms with Crippen LogP contribution in [0.4, 0.5) is 0 Å². The maximum absolute atomic E-state index is 2.59. The van der Waals surface area contributed by atoms with Crippen LogP contribution in [0.1, 0.15) is 67.1 Å². The maximum atomic E-state index is 2.59. The van der Waals surface area contributed by atoms with Gasteiger partial charge in [-0.25, -0.2) is 0 Å². The van der Waals surface area contributed by atoms with Crippen molar-refractivity contribution >= 4 is 0 Å². The van der Waals surface area contributed by atoms with Crippen LogP contribution >= 0.6 is 0 Å². The van der Waals surface area contributed by atoms with E-state index in [4.69, 9.17) is 0 Å². The average molecular weight is 873 g/mol. The molecule has 0 heterocycles. The van der Waals surface area contributed by atoms with Crippen LogP contribution in [0.3, 0.4) is 0 Å². The summed E-state index contributed by atoms with van der Waals surface area (Å²) in [7, 11) is 0. The molecule has 320 valence electrons. The van der Waals surface area contributed by atoms with E-state index in [1.807, 2.05) is 0 Å². The number of benzene rings is 11. The van der Waals surface area contributed by atoms with Gasteiger partial charge in [-0.1, -0.05) is 249 Å². The summed E-state index contributed by atoms with van der Waals surface area (Å²) in [5.74, 6) is -0.0661. The first-order valence-electron chi connectivity index (χ1n) is 24.4. The van der Waals surface area contributed by atoms with Gasteiger partial charge in [-0.05, 0) is 140 Å². The van der Waals surface area contributed by atoms with Crippen LogP contribution < -0.4 is 0 Å². The van der Waals surface area contributed by atoms with Gasteiger partial charge in [0.1, 0.15) is 0 Å². The molecule has 15 rings (SSSR count). The van der Waals surface area contributed by atoms with Crippen LogP contribution in [-0.4, -0.2) is 0 Å². The Kier molecular flexibility index (Phi) is 8.07. The quantitative estimate of drug-likeness (QED) is 0.151. The normalized spacial score (nSPS) is 14.6. The molecule has 0 aromatic heterocycles. The summed E-state index contributed by atoms with van der Waals surface area (Å²) in [6.07, 6.45) is 0. The standard InChI is InChI=1S/C69H44/c1-3-18-44(19-4-1)46-22-17-23-48(40-46)67(50-35-38-56-55-28-11-16-33-63(55)68(66(56)43-50)59-29-12-7-24-51(59)52-25-8-13-30-60(52)68)49-36-39-64-58(41-49)57-37-34-47(45-20-5-2-6-21-45)42-65(57)69(64)61-31-14-9-26-53(61)54-27-10-15-32-62(54)69/h1-43,67H. The highest BCUT2D eigenvalue weighted by Gasteiger charge is 2.53. The van der Waals surface area contributed by atoms with Crippen LogP contribution in [0.5, 0.6) is 0 Å². The van der Waals surface area contributed by atoms with E-state index in [-0.39, 0.29) is 5.92 Å². The van der Waals surface area contributed by atoms with E-state index in [0.717, 1.165) is 0 Å². The molecule has 0 saturated heterocycles. The van der Waals surface area contributed by atoms with Crippen molar-refractivity contribution in [1.82, 2.24) is 0 Å². The molecular weight excluding hydrogens is 829 g/mol. The molecule has 0 amide bonds. The van der Waals surface area contributed by atoms with E-state index in [1.165, 1.54) is 128 Å². The first-order chi connectivity index (χ1) is 34.2. The van der Waals surface area contributed by atoms with Crippen molar-refractivity contribution in [3.8, 4) is 66.8 Å². The molecule has 0 radical (unpaired) electrons. The van der Waals surface area contributed by atoms with Crippen molar-refractivity contribution in [3.63, 3.8) is 0 Å². The third-order valence-electron chi connectivity index (χ3n) is 16.2. The largest absolute Gasteiger partial charge is 0.0725 e. The van der Waals surface area contributed by atoms with Crippen LogP contribution in [0.25, 0.3) is 66.8 Å². The lowest BCUT2D eigenvalue weighted by Crippen LogP contribution is -2.26. The first-order valence-corrected chi connectivity index (χ1v) is 24.4. The first kappa shape index (κ1) is 38.5. The van der Waals surface area contributed by atoms with E-state index in [9.17, 15) is 0 Å². The molecule has 4 aliphatic rings. The Bertz CT molecular complexity index is 3800. The van der Waals surface area contributed by atoms with Crippen molar-refractivity contribution in [2.24, 2.45) is 0 Å². The van der Waals surface area contributed by atoms with Crippen molar-refractivity contribution in [2.45, 2.75) is 16.7 Å². The lowest BCUT2D eigenvalue weighted by Gasteiger charge is -2.32. The average Bonchev–Trinajstić information content (AvgIpc) is 4.10. The Balaban J connectivity index is 0.995. The predicted molar refractivity (Wildman–Crippen MR) is 284 cm³/mol. The molecule has 2 spiro atoms. The highest BCUT2D eigenvalue weighted by atomic mass is 14.5. The number of hydrogen-bond acceptors (Lipinski definition) is 0. The fraction of sp³-hybridized carbons (Fsp3) is 0.0435. The molecule has 0 heteroatoms. The van der Waals surface area contributed by atoms with Gasteiger partial charge in [0, 0.05) is 5.92 Å². The Morgan fingerprint density at radius 3 is 1.06 bits per heavy atom. The third-order valence-corrected chi connectivity index (χ3v) is 16.2. The van der Waals surface area contributed by atoms with Gasteiger partial charge >= 0.3 is 0 Å². The summed E-state index contributed by atoms with van der Waals surface area (Å²) in [4.78, 5) is 0. The second-order valence-corrected chi connectivity index (χ2v) is 19.4. The van der Waals surface area contributed by atoms with Gasteiger partial charge in [0.05, 0.1) is 10.8 Å². The Morgan fingerprint density at radius 1 is 0.188 bits per heavy atom. The predicted octanol–water partition coefficient (Wildman–Crippen LogP) is 16.9. The number of hydrogen-bond donors (Lipinski definition) is 0. The van der Waals surface area contributed by atoms with Crippen molar-refractivity contribution < 1.29 is 0 Å². The lowest BCUT2D eigenvalue weighted by atomic mass is 9.69. The van der Waals surface area contributed by atoms with Gasteiger partial charge in [-0.3, -0.25) is 0 Å². The molecule has 0 bridgehead atoms. The molecule has 11 aromatic rings. The molecule has 0 saturated carbocycles. The summed E-state index contributed by atoms with van der Waals surface area (Å²) in [5.41, 5.74) is 29.3. The molecule has 11 aromatic carbocycles. The van der Waals surface area contributed by atoms with E-state index >= 15 is 0 Å². The second-order valence-electron chi connectivity index (χ2n) is 19.4. The van der Waals surface area contributed by atoms with Crippen LogP contribution in [-0.2, 0) is 10.8 Å². The summed E-state index contributed by atoms with van der Waals surface area (Å²) in [6, 6.07) is 99.0. The number of rotatable bonds is 5. The van der Waals surface area contributed by atoms with E-state index in [0.29, 0.717) is 0 Å². The molecule has 0 fully saturated rings. The highest BCUT2D eigenvalue weighted by Crippen LogP contribution is 2.65. The Morgan fingerprint density at radius 2 is 0.536 bits per heavy atom. The summed E-state index contributed by atoms with van der Waals surface area (Å²) < 4.78 is 0. The van der Waals surface area contributed by atoms with E-state index < -0.39 is 10.8 Å². The molecular formula is C69H44. The van der Waals surface area contributed by atoms with Gasteiger partial charge in [0.15, 0.2) is 0 Å². The van der Waals surface area contributed by atoms with Crippen LogP contribution in [0.15, 0.2) is 261 Å². The zero-order chi connectivity index (χ0) is 45.3. The maximum Gasteiger partial charge on any atom is 0.0725 e. The second kappa shape index (κ2) is 14.5. The molecule has 1 unspecified atom stereocenters. The van der Waals surface area contributed by atoms with Gasteiger partial charge in [-0.2, -0.15) is 0 Å². The highest BCUT2D eigenvalue weighted by molar-refractivity contribution is 5.97. The molecule has 0 N–H and O–H groups in total. The van der Waals surface area contributed by atoms with Gasteiger partial charge in [0.2, 0.25) is 0 Å². The van der Waals surface area contributed by atoms with Gasteiger partial charge < -0.3 is 0 Å². The zero-order valence-electron chi connectivity index (χ0n) is 37.9. The van der Waals surface area contributed by atoms with Crippen LogP contribution in [0, 0.1) is 0 Å². The van der Waals surface area contributed by atoms with Crippen LogP contribution in [0.2, 0.25) is 0 Å². The molecule has 4 aliphatic carbocycles. The fourth-order valence-electron chi connectivity index (χ4n) is 13.5. The Labute approximate surface area is 403 Å². The SMILES string of the molecule is c1ccc(-c2cccc(C(c3ccc4c(c3)-c3ccc(-c5ccccc5)cc3C43c4ccccc4-c4ccccc43)c3ccc4c(c3)C3(c5ccccc5-c5ccccc53)c3ccccc3-4)c2)cc1. The third kappa shape index (κ3) is 5.13. The zero-order valence-corrected chi connectivity index (χ0v) is 37.9. The smallest absolute Gasteiger partial charge is 0.0622 e. The summed E-state index contributed by atoms with van der Waals surface area (Å²) in [5, 5.41) is 0. The summed E-state index contributed by atoms with van der Waals surface area (Å²) in [6.45, 7) is 0. The minimum absolute atomic E-state index is 0.0661. The van der Waals surface area contributed by atoms with Crippen molar-refractivity contribution in [1.29, 1.82) is 0 Å². The van der Waals surface area contributed by atoms with Crippen molar-refractivity contribution in [3.05, 3.63) is 322 Å². The monoisotopic (exact) mass is 872 g/mol. The Hall–Kier alpha value is -8.58. The molecule has 69 heavy (non-hydrogen) atoms. The van der Waals surface area contributed by atoms with Crippen molar-refractivity contribution in [2.75, 3.05) is 0 Å². The van der Waals surface area contributed by atoms with Gasteiger partial charge in [0.25, 0.3) is 0 Å². The minimum atomic E-state index is -0.459. The van der Waals surface area contributed by atoms with Gasteiger partial charge in [-0.15, -0.1) is 0 Å². The molecule has 0 nitrogen and oxygen atoms in total. The topological polar surface area (TPSA) is 0 Å². The van der Waals surface area contributed by atoms with E-state index in [1.54, 1.807) is 0 Å². The summed E-state index contributed by atoms with van der Waals surface area (Å²) >= 11 is 0. The fourth-order valence-corrected chi connectivity index (χ4v) is 13.5. The lowest BCUT2D eigenvalue weighted by molar-refractivity contribution is 0.788. The molecule has 1 atom stereocenters.